The number of likely N-dealkylation sites (tertiary alicyclic amines) is 1. The Hall–Kier alpha value is -1.43. The topological polar surface area (TPSA) is 75.0 Å². The minimum atomic E-state index is -0.0665. The molecule has 22 heavy (non-hydrogen) atoms. The number of aromatic nitrogens is 2. The highest BCUT2D eigenvalue weighted by atomic mass is 35.5. The smallest absolute Gasteiger partial charge is 0.258 e. The summed E-state index contributed by atoms with van der Waals surface area (Å²) in [5.41, 5.74) is 6.73. The summed E-state index contributed by atoms with van der Waals surface area (Å²) < 4.78 is 0. The van der Waals surface area contributed by atoms with Gasteiger partial charge in [-0.05, 0) is 44.0 Å². The van der Waals surface area contributed by atoms with E-state index in [-0.39, 0.29) is 29.4 Å². The number of hydrogen-bond donors (Lipinski definition) is 2. The number of nitrogens with two attached hydrogens (primary N) is 1. The average Bonchev–Trinajstić information content (AvgIpc) is 2.90. The van der Waals surface area contributed by atoms with Gasteiger partial charge in [-0.2, -0.15) is 0 Å². The van der Waals surface area contributed by atoms with Gasteiger partial charge in [0.2, 0.25) is 0 Å². The van der Waals surface area contributed by atoms with Crippen LogP contribution in [0.3, 0.4) is 0 Å². The Kier molecular flexibility index (Phi) is 4.90. The van der Waals surface area contributed by atoms with Crippen molar-refractivity contribution < 1.29 is 0 Å². The van der Waals surface area contributed by atoms with Crippen LogP contribution in [-0.2, 0) is 0 Å². The van der Waals surface area contributed by atoms with E-state index in [4.69, 9.17) is 5.73 Å². The first-order chi connectivity index (χ1) is 10.0. The maximum Gasteiger partial charge on any atom is 0.258 e. The summed E-state index contributed by atoms with van der Waals surface area (Å²) >= 11 is 0. The fourth-order valence-electron chi connectivity index (χ4n) is 3.03. The maximum atomic E-state index is 12.2. The molecule has 0 amide bonds. The van der Waals surface area contributed by atoms with E-state index < -0.39 is 0 Å². The van der Waals surface area contributed by atoms with Crippen LogP contribution in [0.5, 0.6) is 0 Å². The molecule has 2 heterocycles. The zero-order valence-corrected chi connectivity index (χ0v) is 13.8. The molecule has 0 bridgehead atoms. The summed E-state index contributed by atoms with van der Waals surface area (Å²) in [6.07, 6.45) is 1.09. The maximum absolute atomic E-state index is 12.2. The molecular formula is C16H23ClN4O. The van der Waals surface area contributed by atoms with Gasteiger partial charge in [0.1, 0.15) is 5.82 Å². The molecule has 1 aromatic carbocycles. The fraction of sp³-hybridized carbons (Fsp3) is 0.500. The highest BCUT2D eigenvalue weighted by Gasteiger charge is 2.35. The van der Waals surface area contributed by atoms with Crippen LogP contribution in [0.25, 0.3) is 10.9 Å². The number of para-hydroxylation sites is 1. The van der Waals surface area contributed by atoms with Gasteiger partial charge < -0.3 is 10.7 Å². The Balaban J connectivity index is 0.00000176. The van der Waals surface area contributed by atoms with Gasteiger partial charge in [-0.1, -0.05) is 19.1 Å². The lowest BCUT2D eigenvalue weighted by Gasteiger charge is -2.26. The van der Waals surface area contributed by atoms with Crippen molar-refractivity contribution in [3.63, 3.8) is 0 Å². The monoisotopic (exact) mass is 322 g/mol. The number of halogens is 1. The Morgan fingerprint density at radius 1 is 1.45 bits per heavy atom. The first-order valence-corrected chi connectivity index (χ1v) is 7.45. The first kappa shape index (κ1) is 16.9. The van der Waals surface area contributed by atoms with Crippen LogP contribution < -0.4 is 11.3 Å². The summed E-state index contributed by atoms with van der Waals surface area (Å²) in [5.74, 6) is 0.736. The minimum Gasteiger partial charge on any atom is -0.330 e. The average molecular weight is 323 g/mol. The minimum absolute atomic E-state index is 0. The largest absolute Gasteiger partial charge is 0.330 e. The molecule has 1 aliphatic rings. The third-order valence-corrected chi connectivity index (χ3v) is 4.65. The van der Waals surface area contributed by atoms with Crippen LogP contribution >= 0.6 is 12.4 Å². The molecule has 2 unspecified atom stereocenters. The predicted octanol–water partition coefficient (Wildman–Crippen LogP) is 2.08. The van der Waals surface area contributed by atoms with Crippen LogP contribution in [-0.4, -0.2) is 34.5 Å². The van der Waals surface area contributed by atoms with E-state index in [0.29, 0.717) is 11.9 Å². The van der Waals surface area contributed by atoms with E-state index in [0.717, 1.165) is 30.9 Å². The van der Waals surface area contributed by atoms with Crippen LogP contribution in [0.4, 0.5) is 0 Å². The van der Waals surface area contributed by atoms with Gasteiger partial charge in [0.05, 0.1) is 16.9 Å². The van der Waals surface area contributed by atoms with Crippen molar-refractivity contribution in [1.82, 2.24) is 14.9 Å². The lowest BCUT2D eigenvalue weighted by molar-refractivity contribution is 0.220. The molecule has 2 atom stereocenters. The number of nitrogens with one attached hydrogen (secondary N) is 1. The summed E-state index contributed by atoms with van der Waals surface area (Å²) in [5, 5.41) is 0.640. The van der Waals surface area contributed by atoms with Gasteiger partial charge in [-0.25, -0.2) is 4.98 Å². The molecule has 5 nitrogen and oxygen atoms in total. The lowest BCUT2D eigenvalue weighted by atomic mass is 9.90. The Morgan fingerprint density at radius 3 is 2.86 bits per heavy atom. The van der Waals surface area contributed by atoms with Crippen molar-refractivity contribution in [1.29, 1.82) is 0 Å². The molecule has 3 rings (SSSR count). The molecule has 0 saturated carbocycles. The highest BCUT2D eigenvalue weighted by Crippen LogP contribution is 2.33. The second kappa shape index (κ2) is 6.36. The Morgan fingerprint density at radius 2 is 2.18 bits per heavy atom. The van der Waals surface area contributed by atoms with E-state index in [1.165, 1.54) is 0 Å². The van der Waals surface area contributed by atoms with Crippen molar-refractivity contribution >= 4 is 23.3 Å². The Labute approximate surface area is 136 Å². The van der Waals surface area contributed by atoms with Crippen molar-refractivity contribution in [2.45, 2.75) is 26.3 Å². The van der Waals surface area contributed by atoms with E-state index in [9.17, 15) is 4.79 Å². The predicted molar refractivity (Wildman–Crippen MR) is 91.4 cm³/mol. The number of rotatable bonds is 3. The van der Waals surface area contributed by atoms with E-state index in [1.54, 1.807) is 6.07 Å². The zero-order valence-electron chi connectivity index (χ0n) is 13.0. The number of hydrogen-bond acceptors (Lipinski definition) is 4. The molecular weight excluding hydrogens is 300 g/mol. The number of aromatic amines is 1. The molecule has 2 aromatic rings. The van der Waals surface area contributed by atoms with Gasteiger partial charge >= 0.3 is 0 Å². The van der Waals surface area contributed by atoms with Gasteiger partial charge in [0.15, 0.2) is 0 Å². The van der Waals surface area contributed by atoms with Crippen molar-refractivity contribution in [3.05, 3.63) is 40.4 Å². The molecule has 6 heteroatoms. The third kappa shape index (κ3) is 3.02. The van der Waals surface area contributed by atoms with Gasteiger partial charge in [-0.15, -0.1) is 12.4 Å². The molecule has 1 saturated heterocycles. The quantitative estimate of drug-likeness (QED) is 0.907. The van der Waals surface area contributed by atoms with Gasteiger partial charge in [0, 0.05) is 6.54 Å². The molecule has 0 radical (unpaired) electrons. The molecule has 1 fully saturated rings. The molecule has 3 N–H and O–H groups in total. The SMILES string of the molecule is CC(c1nc2ccccc2c(=O)[nH]1)N1CCC(C)(CN)C1.Cl. The number of benzene rings is 1. The number of H-pyrrole nitrogens is 1. The van der Waals surface area contributed by atoms with Crippen molar-refractivity contribution in [2.24, 2.45) is 11.1 Å². The standard InChI is InChI=1S/C16H22N4O.ClH/c1-11(20-8-7-16(2,9-17)10-20)14-18-13-6-4-3-5-12(13)15(21)19-14;/h3-6,11H,7-10,17H2,1-2H3,(H,18,19,21);1H. The van der Waals surface area contributed by atoms with Crippen LogP contribution in [0.15, 0.2) is 29.1 Å². The molecule has 1 aromatic heterocycles. The molecule has 1 aliphatic heterocycles. The highest BCUT2D eigenvalue weighted by molar-refractivity contribution is 5.85. The van der Waals surface area contributed by atoms with Crippen molar-refractivity contribution in [2.75, 3.05) is 19.6 Å². The number of fused-ring (bicyclic) bond motifs is 1. The summed E-state index contributed by atoms with van der Waals surface area (Å²) in [6, 6.07) is 7.54. The lowest BCUT2D eigenvalue weighted by Crippen LogP contribution is -2.33. The van der Waals surface area contributed by atoms with Crippen LogP contribution in [0.2, 0.25) is 0 Å². The van der Waals surface area contributed by atoms with Crippen molar-refractivity contribution in [3.8, 4) is 0 Å². The number of nitrogens with zero attached hydrogens (tertiary/aromatic N) is 2. The van der Waals surface area contributed by atoms with Gasteiger partial charge in [0.25, 0.3) is 5.56 Å². The fourth-order valence-corrected chi connectivity index (χ4v) is 3.03. The molecule has 0 spiro atoms. The second-order valence-corrected chi connectivity index (χ2v) is 6.38. The summed E-state index contributed by atoms with van der Waals surface area (Å²) in [6.45, 7) is 6.94. The van der Waals surface area contributed by atoms with Gasteiger partial charge in [-0.3, -0.25) is 9.69 Å². The van der Waals surface area contributed by atoms with E-state index >= 15 is 0 Å². The van der Waals surface area contributed by atoms with E-state index in [1.807, 2.05) is 18.2 Å². The zero-order chi connectivity index (χ0) is 15.0. The summed E-state index contributed by atoms with van der Waals surface area (Å²) in [4.78, 5) is 22.1. The first-order valence-electron chi connectivity index (χ1n) is 7.45. The second-order valence-electron chi connectivity index (χ2n) is 6.38. The normalized spacial score (nSPS) is 23.4. The van der Waals surface area contributed by atoms with E-state index in [2.05, 4.69) is 28.7 Å². The molecule has 0 aliphatic carbocycles. The van der Waals surface area contributed by atoms with Crippen LogP contribution in [0.1, 0.15) is 32.1 Å². The third-order valence-electron chi connectivity index (χ3n) is 4.65. The Bertz CT molecular complexity index is 717. The molecule has 120 valence electrons. The van der Waals surface area contributed by atoms with Crippen LogP contribution in [0, 0.1) is 5.41 Å². The summed E-state index contributed by atoms with van der Waals surface area (Å²) in [7, 11) is 0.